The fourth-order valence-electron chi connectivity index (χ4n) is 5.24. The first-order chi connectivity index (χ1) is 18.3. The normalized spacial score (nSPS) is 17.8. The second kappa shape index (κ2) is 12.7. The largest absolute Gasteiger partial charge is 0.480 e. The van der Waals surface area contributed by atoms with Gasteiger partial charge in [-0.1, -0.05) is 74.6 Å². The van der Waals surface area contributed by atoms with E-state index in [1.165, 1.54) is 56.7 Å². The van der Waals surface area contributed by atoms with Crippen molar-refractivity contribution in [3.8, 4) is 22.6 Å². The summed E-state index contributed by atoms with van der Waals surface area (Å²) in [4.78, 5) is 0. The molecule has 0 aromatic heterocycles. The van der Waals surface area contributed by atoms with Crippen LogP contribution in [-0.2, 0) is 0 Å². The Morgan fingerprint density at radius 1 is 0.816 bits per heavy atom. The van der Waals surface area contributed by atoms with Gasteiger partial charge < -0.3 is 9.47 Å². The molecule has 0 aliphatic heterocycles. The van der Waals surface area contributed by atoms with Gasteiger partial charge in [-0.3, -0.25) is 0 Å². The lowest BCUT2D eigenvalue weighted by molar-refractivity contribution is -0.195. The first kappa shape index (κ1) is 28.0. The van der Waals surface area contributed by atoms with E-state index in [0.717, 1.165) is 36.0 Å². The number of hydrogen-bond donors (Lipinski definition) is 0. The molecule has 0 amide bonds. The predicted molar refractivity (Wildman–Crippen MR) is 143 cm³/mol. The summed E-state index contributed by atoms with van der Waals surface area (Å²) in [5.74, 6) is -1.82. The highest BCUT2D eigenvalue weighted by molar-refractivity contribution is 5.65. The number of hydrogen-bond acceptors (Lipinski definition) is 2. The minimum Gasteiger partial charge on any atom is -0.480 e. The standard InChI is InChI=1S/C32H36F4O2/c1-3-4-5-6-23-9-13-24(14-10-23)25-15-17-27(18-16-25)38-32(35,36)21-37-29-20-19-28(30(33)31(29)34)26-11-7-22(2)8-12-26/h7-8,11-12,15-20,23-24H,3-6,9-10,13-14,21H2,1-2H3. The second-order valence-electron chi connectivity index (χ2n) is 10.4. The summed E-state index contributed by atoms with van der Waals surface area (Å²) in [6.45, 7) is 2.85. The average Bonchev–Trinajstić information content (AvgIpc) is 2.91. The van der Waals surface area contributed by atoms with Crippen LogP contribution < -0.4 is 9.47 Å². The molecule has 0 atom stereocenters. The van der Waals surface area contributed by atoms with Gasteiger partial charge >= 0.3 is 6.11 Å². The Bertz CT molecular complexity index is 1170. The fraction of sp³-hybridized carbons (Fsp3) is 0.438. The predicted octanol–water partition coefficient (Wildman–Crippen LogP) is 9.84. The van der Waals surface area contributed by atoms with Crippen molar-refractivity contribution in [3.05, 3.63) is 83.4 Å². The Labute approximate surface area is 223 Å². The van der Waals surface area contributed by atoms with Crippen molar-refractivity contribution in [1.29, 1.82) is 0 Å². The Morgan fingerprint density at radius 2 is 1.50 bits per heavy atom. The third-order valence-electron chi connectivity index (χ3n) is 7.49. The second-order valence-corrected chi connectivity index (χ2v) is 10.4. The maximum absolute atomic E-state index is 14.6. The lowest BCUT2D eigenvalue weighted by atomic mass is 9.77. The first-order valence-corrected chi connectivity index (χ1v) is 13.6. The van der Waals surface area contributed by atoms with Crippen LogP contribution in [0.25, 0.3) is 11.1 Å². The Hall–Kier alpha value is -3.02. The zero-order valence-corrected chi connectivity index (χ0v) is 22.1. The summed E-state index contributed by atoms with van der Waals surface area (Å²) >= 11 is 0. The maximum Gasteiger partial charge on any atom is 0.432 e. The van der Waals surface area contributed by atoms with Crippen molar-refractivity contribution >= 4 is 0 Å². The van der Waals surface area contributed by atoms with Gasteiger partial charge in [0.05, 0.1) is 0 Å². The van der Waals surface area contributed by atoms with Crippen molar-refractivity contribution < 1.29 is 27.0 Å². The van der Waals surface area contributed by atoms with E-state index >= 15 is 0 Å². The lowest BCUT2D eigenvalue weighted by Gasteiger charge is -2.29. The lowest BCUT2D eigenvalue weighted by Crippen LogP contribution is -2.32. The number of halogens is 4. The highest BCUT2D eigenvalue weighted by Crippen LogP contribution is 2.38. The van der Waals surface area contributed by atoms with Crippen LogP contribution in [0.15, 0.2) is 60.7 Å². The number of ether oxygens (including phenoxy) is 2. The zero-order chi connectivity index (χ0) is 27.1. The van der Waals surface area contributed by atoms with Crippen molar-refractivity contribution in [2.45, 2.75) is 77.2 Å². The van der Waals surface area contributed by atoms with E-state index < -0.39 is 30.1 Å². The molecular formula is C32H36F4O2. The molecule has 1 aliphatic rings. The van der Waals surface area contributed by atoms with Gasteiger partial charge in [0.25, 0.3) is 0 Å². The van der Waals surface area contributed by atoms with Crippen LogP contribution in [0.4, 0.5) is 17.6 Å². The Balaban J connectivity index is 1.30. The van der Waals surface area contributed by atoms with Crippen molar-refractivity contribution in [3.63, 3.8) is 0 Å². The Morgan fingerprint density at radius 3 is 2.16 bits per heavy atom. The van der Waals surface area contributed by atoms with Crippen molar-refractivity contribution in [2.75, 3.05) is 6.61 Å². The van der Waals surface area contributed by atoms with E-state index in [-0.39, 0.29) is 11.3 Å². The van der Waals surface area contributed by atoms with Crippen LogP contribution in [-0.4, -0.2) is 12.7 Å². The minimum atomic E-state index is -3.73. The monoisotopic (exact) mass is 528 g/mol. The molecule has 0 N–H and O–H groups in total. The van der Waals surface area contributed by atoms with E-state index in [9.17, 15) is 17.6 Å². The fourth-order valence-corrected chi connectivity index (χ4v) is 5.24. The van der Waals surface area contributed by atoms with Gasteiger partial charge in [0.15, 0.2) is 18.2 Å². The van der Waals surface area contributed by atoms with E-state index in [1.807, 2.05) is 19.1 Å². The molecule has 38 heavy (non-hydrogen) atoms. The van der Waals surface area contributed by atoms with Crippen LogP contribution in [0.3, 0.4) is 0 Å². The highest BCUT2D eigenvalue weighted by atomic mass is 19.3. The molecular weight excluding hydrogens is 492 g/mol. The summed E-state index contributed by atoms with van der Waals surface area (Å²) in [6, 6.07) is 16.1. The molecule has 2 nitrogen and oxygen atoms in total. The van der Waals surface area contributed by atoms with Crippen LogP contribution in [0.2, 0.25) is 0 Å². The van der Waals surface area contributed by atoms with Crippen LogP contribution in [0.1, 0.15) is 75.3 Å². The number of benzene rings is 3. The summed E-state index contributed by atoms with van der Waals surface area (Å²) in [7, 11) is 0. The molecule has 0 bridgehead atoms. The molecule has 0 spiro atoms. The van der Waals surface area contributed by atoms with Crippen LogP contribution >= 0.6 is 0 Å². The highest BCUT2D eigenvalue weighted by Gasteiger charge is 2.34. The van der Waals surface area contributed by atoms with Crippen molar-refractivity contribution in [1.82, 2.24) is 0 Å². The van der Waals surface area contributed by atoms with E-state index in [4.69, 9.17) is 9.47 Å². The Kier molecular flexibility index (Phi) is 9.35. The molecule has 0 unspecified atom stereocenters. The molecule has 0 radical (unpaired) electrons. The molecule has 1 fully saturated rings. The molecule has 6 heteroatoms. The number of alkyl halides is 2. The zero-order valence-electron chi connectivity index (χ0n) is 22.1. The van der Waals surface area contributed by atoms with E-state index in [0.29, 0.717) is 11.5 Å². The molecule has 0 saturated heterocycles. The minimum absolute atomic E-state index is 0.00280. The molecule has 3 aromatic rings. The van der Waals surface area contributed by atoms with E-state index in [1.54, 1.807) is 24.3 Å². The van der Waals surface area contributed by atoms with Gasteiger partial charge in [0.1, 0.15) is 5.75 Å². The molecule has 204 valence electrons. The number of unbranched alkanes of at least 4 members (excludes halogenated alkanes) is 2. The van der Waals surface area contributed by atoms with Gasteiger partial charge in [-0.15, -0.1) is 0 Å². The van der Waals surface area contributed by atoms with Crippen LogP contribution in [0.5, 0.6) is 11.5 Å². The van der Waals surface area contributed by atoms with Gasteiger partial charge in [-0.05, 0) is 79.8 Å². The topological polar surface area (TPSA) is 18.5 Å². The third-order valence-corrected chi connectivity index (χ3v) is 7.49. The number of aryl methyl sites for hydroxylation is 1. The smallest absolute Gasteiger partial charge is 0.432 e. The summed E-state index contributed by atoms with van der Waals surface area (Å²) in [5, 5.41) is 0. The van der Waals surface area contributed by atoms with Crippen LogP contribution in [0, 0.1) is 24.5 Å². The first-order valence-electron chi connectivity index (χ1n) is 13.6. The molecule has 1 aliphatic carbocycles. The molecule has 4 rings (SSSR count). The SMILES string of the molecule is CCCCCC1CCC(c2ccc(OC(F)(F)COc3ccc(-c4ccc(C)cc4)c(F)c3F)cc2)CC1. The molecule has 3 aromatic carbocycles. The average molecular weight is 529 g/mol. The quantitative estimate of drug-likeness (QED) is 0.182. The molecule has 1 saturated carbocycles. The number of rotatable bonds is 11. The molecule has 0 heterocycles. The van der Waals surface area contributed by atoms with Crippen molar-refractivity contribution in [2.24, 2.45) is 5.92 Å². The van der Waals surface area contributed by atoms with Gasteiger partial charge in [-0.25, -0.2) is 4.39 Å². The van der Waals surface area contributed by atoms with Gasteiger partial charge in [0.2, 0.25) is 5.82 Å². The van der Waals surface area contributed by atoms with E-state index in [2.05, 4.69) is 6.92 Å². The third kappa shape index (κ3) is 7.30. The maximum atomic E-state index is 14.6. The summed E-state index contributed by atoms with van der Waals surface area (Å²) < 4.78 is 67.9. The van der Waals surface area contributed by atoms with Gasteiger partial charge in [0, 0.05) is 5.56 Å². The summed E-state index contributed by atoms with van der Waals surface area (Å²) in [6.07, 6.45) is 6.08. The summed E-state index contributed by atoms with van der Waals surface area (Å²) in [5.41, 5.74) is 2.63. The van der Waals surface area contributed by atoms with Gasteiger partial charge in [-0.2, -0.15) is 13.2 Å².